The van der Waals surface area contributed by atoms with Gasteiger partial charge in [0.05, 0.1) is 0 Å². The minimum absolute atomic E-state index is 0.211. The van der Waals surface area contributed by atoms with E-state index in [-0.39, 0.29) is 3.58 Å². The van der Waals surface area contributed by atoms with E-state index in [9.17, 15) is 8.78 Å². The third kappa shape index (κ3) is 1.41. The molecule has 0 aliphatic carbocycles. The topological polar surface area (TPSA) is 0 Å². The predicted molar refractivity (Wildman–Crippen MR) is 33.1 cm³/mol. The molecular weight excluding hydrogens is 229 g/mol. The summed E-state index contributed by atoms with van der Waals surface area (Å²) >= 11 is 0.491. The van der Waals surface area contributed by atoms with E-state index in [0.29, 0.717) is 22.5 Å². The third-order valence-electron chi connectivity index (χ3n) is 1.000. The summed E-state index contributed by atoms with van der Waals surface area (Å²) in [5.74, 6) is -0.866. The Morgan fingerprint density at radius 1 is 1.11 bits per heavy atom. The van der Waals surface area contributed by atoms with Crippen molar-refractivity contribution in [1.82, 2.24) is 0 Å². The van der Waals surface area contributed by atoms with E-state index >= 15 is 0 Å². The fraction of sp³-hybridized carbons (Fsp3) is 0. The van der Waals surface area contributed by atoms with Crippen molar-refractivity contribution in [3.05, 3.63) is 29.8 Å². The van der Waals surface area contributed by atoms with Crippen LogP contribution in [0.15, 0.2) is 18.2 Å². The van der Waals surface area contributed by atoms with E-state index in [0.717, 1.165) is 0 Å². The molecule has 0 aromatic heterocycles. The normalized spacial score (nSPS) is 9.67. The molecule has 0 aliphatic heterocycles. The average Bonchev–Trinajstić information content (AvgIpc) is 1.83. The molecule has 0 aliphatic rings. The maximum absolute atomic E-state index is 12.4. The van der Waals surface area contributed by atoms with Crippen molar-refractivity contribution in [1.29, 1.82) is 0 Å². The predicted octanol–water partition coefficient (Wildman–Crippen LogP) is 0.491. The molecule has 0 nitrogen and oxygen atoms in total. The van der Waals surface area contributed by atoms with E-state index in [2.05, 4.69) is 0 Å². The molecule has 1 aromatic carbocycles. The van der Waals surface area contributed by atoms with Crippen LogP contribution >= 0.6 is 0 Å². The van der Waals surface area contributed by atoms with E-state index in [1.807, 2.05) is 0 Å². The molecule has 0 saturated heterocycles. The number of benzene rings is 1. The summed E-state index contributed by atoms with van der Waals surface area (Å²) in [4.78, 5) is 0. The number of halogens is 2. The van der Waals surface area contributed by atoms with Crippen molar-refractivity contribution in [2.24, 2.45) is 0 Å². The first-order valence-electron chi connectivity index (χ1n) is 2.41. The van der Waals surface area contributed by atoms with Gasteiger partial charge in [0, 0.05) is 0 Å². The Kier molecular flexibility index (Phi) is 2.05. The molecule has 0 saturated carbocycles. The summed E-state index contributed by atoms with van der Waals surface area (Å²) in [7, 11) is 0. The summed E-state index contributed by atoms with van der Waals surface area (Å²) in [6.45, 7) is 0. The van der Waals surface area contributed by atoms with Gasteiger partial charge in [0.1, 0.15) is 0 Å². The van der Waals surface area contributed by atoms with Gasteiger partial charge < -0.3 is 0 Å². The van der Waals surface area contributed by atoms with Gasteiger partial charge in [-0.2, -0.15) is 0 Å². The molecule has 0 heterocycles. The zero-order valence-electron chi connectivity index (χ0n) is 4.57. The molecule has 9 heavy (non-hydrogen) atoms. The molecule has 1 rings (SSSR count). The average molecular weight is 233 g/mol. The van der Waals surface area contributed by atoms with Crippen LogP contribution in [0.25, 0.3) is 0 Å². The van der Waals surface area contributed by atoms with Crippen LogP contribution < -0.4 is 3.58 Å². The molecule has 46 valence electrons. The first-order chi connectivity index (χ1) is 4.22. The van der Waals surface area contributed by atoms with Gasteiger partial charge in [0.15, 0.2) is 0 Å². The number of hydrogen-bond acceptors (Lipinski definition) is 0. The van der Waals surface area contributed by atoms with Gasteiger partial charge in [-0.1, -0.05) is 0 Å². The van der Waals surface area contributed by atoms with Crippen LogP contribution in [-0.4, -0.2) is 22.5 Å². The van der Waals surface area contributed by atoms with Crippen LogP contribution in [0.5, 0.6) is 0 Å². The standard InChI is InChI=1S/C6H3F2.Sn.H/c7-5-2-1-3-6(8)4-5;;/h1-3H;;. The minimum atomic E-state index is -0.433. The molecular formula is C6H4F2Sn. The van der Waals surface area contributed by atoms with Crippen molar-refractivity contribution < 1.29 is 8.78 Å². The van der Waals surface area contributed by atoms with E-state index in [1.54, 1.807) is 0 Å². The number of rotatable bonds is 0. The molecule has 0 N–H and O–H groups in total. The fourth-order valence-electron chi connectivity index (χ4n) is 0.511. The second-order valence-corrected chi connectivity index (χ2v) is 3.28. The van der Waals surface area contributed by atoms with E-state index in [4.69, 9.17) is 0 Å². The second-order valence-electron chi connectivity index (χ2n) is 1.64. The first kappa shape index (κ1) is 6.99. The SMILES string of the molecule is Fc1cccc(F)[c]1[SnH]. The van der Waals surface area contributed by atoms with Crippen LogP contribution in [0, 0.1) is 11.6 Å². The Morgan fingerprint density at radius 3 is 1.89 bits per heavy atom. The monoisotopic (exact) mass is 234 g/mol. The van der Waals surface area contributed by atoms with Gasteiger partial charge in [0.2, 0.25) is 0 Å². The van der Waals surface area contributed by atoms with Gasteiger partial charge >= 0.3 is 64.7 Å². The Balaban J connectivity index is 3.25. The van der Waals surface area contributed by atoms with E-state index in [1.165, 1.54) is 18.2 Å². The molecule has 0 atom stereocenters. The molecule has 0 fully saturated rings. The van der Waals surface area contributed by atoms with Crippen molar-refractivity contribution in [2.75, 3.05) is 0 Å². The van der Waals surface area contributed by atoms with Crippen molar-refractivity contribution in [2.45, 2.75) is 0 Å². The summed E-state index contributed by atoms with van der Waals surface area (Å²) in [5, 5.41) is 0. The van der Waals surface area contributed by atoms with Gasteiger partial charge in [-0.05, 0) is 0 Å². The van der Waals surface area contributed by atoms with Crippen LogP contribution in [-0.2, 0) is 0 Å². The number of hydrogen-bond donors (Lipinski definition) is 0. The summed E-state index contributed by atoms with van der Waals surface area (Å²) in [5.41, 5.74) is 0. The van der Waals surface area contributed by atoms with Crippen LogP contribution in [0.3, 0.4) is 0 Å². The zero-order chi connectivity index (χ0) is 6.85. The Morgan fingerprint density at radius 2 is 1.56 bits per heavy atom. The summed E-state index contributed by atoms with van der Waals surface area (Å²) in [6, 6.07) is 3.90. The zero-order valence-corrected chi connectivity index (χ0v) is 7.86. The molecule has 1 aromatic rings. The third-order valence-corrected chi connectivity index (χ3v) is 2.57. The summed E-state index contributed by atoms with van der Waals surface area (Å²) < 4.78 is 25.0. The molecule has 0 unspecified atom stereocenters. The summed E-state index contributed by atoms with van der Waals surface area (Å²) in [6.07, 6.45) is 0. The van der Waals surface area contributed by atoms with Crippen LogP contribution in [0.2, 0.25) is 0 Å². The van der Waals surface area contributed by atoms with Crippen LogP contribution in [0.1, 0.15) is 0 Å². The Labute approximate surface area is 65.0 Å². The van der Waals surface area contributed by atoms with Crippen molar-refractivity contribution in [3.63, 3.8) is 0 Å². The maximum atomic E-state index is 12.4. The molecule has 0 bridgehead atoms. The van der Waals surface area contributed by atoms with Gasteiger partial charge in [-0.3, -0.25) is 0 Å². The molecule has 2 radical (unpaired) electrons. The second kappa shape index (κ2) is 2.64. The van der Waals surface area contributed by atoms with Gasteiger partial charge in [0.25, 0.3) is 0 Å². The fourth-order valence-corrected chi connectivity index (χ4v) is 1.06. The van der Waals surface area contributed by atoms with Gasteiger partial charge in [-0.25, -0.2) is 0 Å². The quantitative estimate of drug-likeness (QED) is 0.572. The molecule has 0 amide bonds. The van der Waals surface area contributed by atoms with Crippen LogP contribution in [0.4, 0.5) is 8.78 Å². The van der Waals surface area contributed by atoms with Crippen molar-refractivity contribution in [3.8, 4) is 0 Å². The van der Waals surface area contributed by atoms with Crippen molar-refractivity contribution >= 4 is 26.1 Å². The molecule has 0 spiro atoms. The van der Waals surface area contributed by atoms with Gasteiger partial charge in [-0.15, -0.1) is 0 Å². The Bertz CT molecular complexity index is 202. The first-order valence-corrected chi connectivity index (χ1v) is 4.06. The Hall–Kier alpha value is -0.121. The molecule has 3 heteroatoms. The van der Waals surface area contributed by atoms with E-state index < -0.39 is 11.6 Å².